The van der Waals surface area contributed by atoms with Crippen molar-refractivity contribution >= 4 is 0 Å². The Morgan fingerprint density at radius 2 is 1.95 bits per heavy atom. The molecule has 0 bridgehead atoms. The maximum atomic E-state index is 9.97. The fourth-order valence-corrected chi connectivity index (χ4v) is 3.37. The lowest BCUT2D eigenvalue weighted by Crippen LogP contribution is -2.36. The van der Waals surface area contributed by atoms with Gasteiger partial charge < -0.3 is 14.7 Å². The van der Waals surface area contributed by atoms with Crippen LogP contribution in [0.25, 0.3) is 0 Å². The number of ether oxygens (including phenoxy) is 1. The Balaban J connectivity index is 1.99. The molecular weight excluding hydrogens is 274 g/mol. The lowest BCUT2D eigenvalue weighted by atomic mass is 9.87. The molecule has 1 N–H and O–H groups in total. The fourth-order valence-electron chi connectivity index (χ4n) is 3.37. The molecule has 1 aliphatic rings. The first-order chi connectivity index (χ1) is 10.6. The topological polar surface area (TPSA) is 32.7 Å². The van der Waals surface area contributed by atoms with Crippen LogP contribution in [0.2, 0.25) is 0 Å². The molecule has 1 fully saturated rings. The van der Waals surface area contributed by atoms with Crippen LogP contribution in [-0.2, 0) is 11.2 Å². The molecule has 1 aromatic rings. The summed E-state index contributed by atoms with van der Waals surface area (Å²) in [6.45, 7) is 1.87. The molecular formula is C19H31NO2. The van der Waals surface area contributed by atoms with Crippen molar-refractivity contribution in [2.75, 3.05) is 27.2 Å². The van der Waals surface area contributed by atoms with Crippen molar-refractivity contribution in [3.63, 3.8) is 0 Å². The van der Waals surface area contributed by atoms with Crippen LogP contribution in [0.3, 0.4) is 0 Å². The molecule has 0 aliphatic heterocycles. The second-order valence-electron chi connectivity index (χ2n) is 6.94. The number of benzene rings is 1. The van der Waals surface area contributed by atoms with Crippen LogP contribution in [0.4, 0.5) is 0 Å². The summed E-state index contributed by atoms with van der Waals surface area (Å²) < 4.78 is 6.42. The zero-order valence-electron chi connectivity index (χ0n) is 14.1. The molecule has 1 aromatic carbocycles. The smallest absolute Gasteiger partial charge is 0.0723 e. The SMILES string of the molecule is CN(C)CCCO[C@]1(Cc2ccccc2)CCC[C@@H](O)CC1. The van der Waals surface area contributed by atoms with Crippen LogP contribution < -0.4 is 0 Å². The van der Waals surface area contributed by atoms with E-state index in [-0.39, 0.29) is 11.7 Å². The molecule has 0 unspecified atom stereocenters. The monoisotopic (exact) mass is 305 g/mol. The second kappa shape index (κ2) is 8.66. The molecule has 22 heavy (non-hydrogen) atoms. The minimum absolute atomic E-state index is 0.0921. The van der Waals surface area contributed by atoms with Gasteiger partial charge in [0, 0.05) is 13.0 Å². The van der Waals surface area contributed by atoms with Crippen molar-refractivity contribution in [3.8, 4) is 0 Å². The number of aliphatic hydroxyl groups excluding tert-OH is 1. The number of hydrogen-bond acceptors (Lipinski definition) is 3. The van der Waals surface area contributed by atoms with Gasteiger partial charge in [-0.1, -0.05) is 30.3 Å². The van der Waals surface area contributed by atoms with E-state index in [0.29, 0.717) is 0 Å². The normalized spacial score (nSPS) is 26.1. The molecule has 3 nitrogen and oxygen atoms in total. The zero-order valence-corrected chi connectivity index (χ0v) is 14.1. The van der Waals surface area contributed by atoms with Gasteiger partial charge in [-0.2, -0.15) is 0 Å². The molecule has 0 radical (unpaired) electrons. The van der Waals surface area contributed by atoms with Gasteiger partial charge in [-0.3, -0.25) is 0 Å². The molecule has 3 heteroatoms. The van der Waals surface area contributed by atoms with Crippen molar-refractivity contribution in [2.45, 2.75) is 56.7 Å². The van der Waals surface area contributed by atoms with Crippen LogP contribution >= 0.6 is 0 Å². The third kappa shape index (κ3) is 5.71. The number of aliphatic hydroxyl groups is 1. The van der Waals surface area contributed by atoms with E-state index in [1.807, 2.05) is 0 Å². The van der Waals surface area contributed by atoms with E-state index in [0.717, 1.165) is 58.1 Å². The molecule has 0 heterocycles. The second-order valence-corrected chi connectivity index (χ2v) is 6.94. The lowest BCUT2D eigenvalue weighted by Gasteiger charge is -2.33. The van der Waals surface area contributed by atoms with Gasteiger partial charge in [-0.05, 0) is 64.7 Å². The zero-order chi connectivity index (χ0) is 15.8. The quantitative estimate of drug-likeness (QED) is 0.620. The predicted molar refractivity (Wildman–Crippen MR) is 91.1 cm³/mol. The average molecular weight is 305 g/mol. The van der Waals surface area contributed by atoms with E-state index in [1.165, 1.54) is 5.56 Å². The van der Waals surface area contributed by atoms with Gasteiger partial charge in [-0.15, -0.1) is 0 Å². The van der Waals surface area contributed by atoms with Gasteiger partial charge in [0.25, 0.3) is 0 Å². The average Bonchev–Trinajstić information content (AvgIpc) is 2.67. The van der Waals surface area contributed by atoms with Crippen LogP contribution in [0.1, 0.15) is 44.1 Å². The minimum atomic E-state index is -0.150. The Hall–Kier alpha value is -0.900. The standard InChI is InChI=1S/C19H31NO2/c1-20(2)14-7-15-22-19(12-6-10-18(21)11-13-19)16-17-8-4-3-5-9-17/h3-5,8-9,18,21H,6-7,10-16H2,1-2H3/t18-,19-/m1/s1. The highest BCUT2D eigenvalue weighted by Gasteiger charge is 2.33. The van der Waals surface area contributed by atoms with Crippen LogP contribution in [0.5, 0.6) is 0 Å². The maximum absolute atomic E-state index is 9.97. The summed E-state index contributed by atoms with van der Waals surface area (Å²) in [5.41, 5.74) is 1.25. The van der Waals surface area contributed by atoms with Crippen molar-refractivity contribution in [3.05, 3.63) is 35.9 Å². The minimum Gasteiger partial charge on any atom is -0.393 e. The van der Waals surface area contributed by atoms with E-state index in [1.54, 1.807) is 0 Å². The van der Waals surface area contributed by atoms with E-state index in [4.69, 9.17) is 4.74 Å². The van der Waals surface area contributed by atoms with Gasteiger partial charge in [0.1, 0.15) is 0 Å². The van der Waals surface area contributed by atoms with Gasteiger partial charge in [0.05, 0.1) is 11.7 Å². The molecule has 2 atom stereocenters. The summed E-state index contributed by atoms with van der Waals surface area (Å²) in [6, 6.07) is 10.6. The Kier molecular flexibility index (Phi) is 6.87. The largest absolute Gasteiger partial charge is 0.393 e. The van der Waals surface area contributed by atoms with Crippen LogP contribution in [0.15, 0.2) is 30.3 Å². The molecule has 0 spiro atoms. The molecule has 0 aromatic heterocycles. The third-order valence-electron chi connectivity index (χ3n) is 4.63. The Morgan fingerprint density at radius 1 is 1.18 bits per heavy atom. The summed E-state index contributed by atoms with van der Waals surface area (Å²) in [6.07, 6.45) is 6.73. The van der Waals surface area contributed by atoms with E-state index in [2.05, 4.69) is 49.3 Å². The van der Waals surface area contributed by atoms with Gasteiger partial charge in [-0.25, -0.2) is 0 Å². The first-order valence-corrected chi connectivity index (χ1v) is 8.60. The first-order valence-electron chi connectivity index (χ1n) is 8.60. The third-order valence-corrected chi connectivity index (χ3v) is 4.63. The van der Waals surface area contributed by atoms with Crippen LogP contribution in [-0.4, -0.2) is 49.0 Å². The summed E-state index contributed by atoms with van der Waals surface area (Å²) in [5.74, 6) is 0. The number of nitrogens with zero attached hydrogens (tertiary/aromatic N) is 1. The highest BCUT2D eigenvalue weighted by atomic mass is 16.5. The lowest BCUT2D eigenvalue weighted by molar-refractivity contribution is -0.0597. The highest BCUT2D eigenvalue weighted by molar-refractivity contribution is 5.17. The fraction of sp³-hybridized carbons (Fsp3) is 0.684. The Bertz CT molecular complexity index is 421. The molecule has 2 rings (SSSR count). The van der Waals surface area contributed by atoms with E-state index in [9.17, 15) is 5.11 Å². The molecule has 1 aliphatic carbocycles. The molecule has 124 valence electrons. The Morgan fingerprint density at radius 3 is 2.68 bits per heavy atom. The summed E-state index contributed by atoms with van der Waals surface area (Å²) >= 11 is 0. The van der Waals surface area contributed by atoms with Crippen LogP contribution in [0, 0.1) is 0 Å². The van der Waals surface area contributed by atoms with Gasteiger partial charge >= 0.3 is 0 Å². The van der Waals surface area contributed by atoms with Gasteiger partial charge in [0.2, 0.25) is 0 Å². The first kappa shape index (κ1) is 17.5. The van der Waals surface area contributed by atoms with Crippen molar-refractivity contribution in [2.24, 2.45) is 0 Å². The Labute approximate surface area is 135 Å². The van der Waals surface area contributed by atoms with E-state index < -0.39 is 0 Å². The van der Waals surface area contributed by atoms with Gasteiger partial charge in [0.15, 0.2) is 0 Å². The maximum Gasteiger partial charge on any atom is 0.0723 e. The summed E-state index contributed by atoms with van der Waals surface area (Å²) in [7, 11) is 4.20. The summed E-state index contributed by atoms with van der Waals surface area (Å²) in [5, 5.41) is 9.97. The predicted octanol–water partition coefficient (Wildman–Crippen LogP) is 3.26. The van der Waals surface area contributed by atoms with Crippen molar-refractivity contribution in [1.29, 1.82) is 0 Å². The molecule has 0 saturated heterocycles. The van der Waals surface area contributed by atoms with E-state index >= 15 is 0 Å². The van der Waals surface area contributed by atoms with Crippen molar-refractivity contribution < 1.29 is 9.84 Å². The van der Waals surface area contributed by atoms with Crippen molar-refractivity contribution in [1.82, 2.24) is 4.90 Å². The number of rotatable bonds is 7. The summed E-state index contributed by atoms with van der Waals surface area (Å²) in [4.78, 5) is 2.20. The molecule has 1 saturated carbocycles. The number of hydrogen-bond donors (Lipinski definition) is 1. The molecule has 0 amide bonds. The highest BCUT2D eigenvalue weighted by Crippen LogP contribution is 2.34.